The lowest BCUT2D eigenvalue weighted by atomic mass is 9.97. The molecule has 0 fully saturated rings. The maximum absolute atomic E-state index is 6.82. The molecule has 0 saturated heterocycles. The molecule has 0 aromatic heterocycles. The first-order valence-corrected chi connectivity index (χ1v) is 14.0. The van der Waals surface area contributed by atoms with E-state index in [1.54, 1.807) is 21.3 Å². The van der Waals surface area contributed by atoms with Crippen molar-refractivity contribution in [3.05, 3.63) is 23.8 Å². The standard InChI is InChI=1S/C23H45ClO4Si/c1-18(13-11-12-16-24)21(25-6)17-20(28-29(9,10)23(3,4)5)15-14-19(2)22(26-7)27-8/h11-13,19-22H,14-17H2,1-10H3/b12-11+,18-13+/t19-,20+,21+/m1/s1. The SMILES string of the molecule is COC(OC)[C@H](C)CC[C@@H](C[C@H](OC)/C(C)=C/C=C/CCl)O[Si](C)(C)C(C)(C)C. The van der Waals surface area contributed by atoms with Crippen LogP contribution < -0.4 is 0 Å². The van der Waals surface area contributed by atoms with Crippen molar-refractivity contribution >= 4 is 19.9 Å². The summed E-state index contributed by atoms with van der Waals surface area (Å²) in [6.07, 6.45) is 8.69. The number of ether oxygens (including phenoxy) is 3. The van der Waals surface area contributed by atoms with E-state index in [4.69, 9.17) is 30.2 Å². The Balaban J connectivity index is 5.39. The third kappa shape index (κ3) is 10.6. The fourth-order valence-electron chi connectivity index (χ4n) is 3.05. The van der Waals surface area contributed by atoms with E-state index in [1.807, 2.05) is 12.2 Å². The summed E-state index contributed by atoms with van der Waals surface area (Å²) in [6.45, 7) is 15.7. The molecule has 0 spiro atoms. The molecule has 0 unspecified atom stereocenters. The van der Waals surface area contributed by atoms with Crippen molar-refractivity contribution in [1.82, 2.24) is 0 Å². The largest absolute Gasteiger partial charge is 0.414 e. The number of allylic oxidation sites excluding steroid dienone is 3. The van der Waals surface area contributed by atoms with Crippen molar-refractivity contribution in [2.24, 2.45) is 5.92 Å². The fourth-order valence-corrected chi connectivity index (χ4v) is 4.55. The second-order valence-corrected chi connectivity index (χ2v) is 14.4. The Morgan fingerprint density at radius 1 is 1.03 bits per heavy atom. The Labute approximate surface area is 186 Å². The van der Waals surface area contributed by atoms with Crippen LogP contribution in [0.25, 0.3) is 0 Å². The summed E-state index contributed by atoms with van der Waals surface area (Å²) in [5.41, 5.74) is 1.18. The third-order valence-corrected chi connectivity index (χ3v) is 10.7. The summed E-state index contributed by atoms with van der Waals surface area (Å²) in [7, 11) is 3.26. The topological polar surface area (TPSA) is 36.9 Å². The Hall–Kier alpha value is -0.173. The molecule has 0 rings (SSSR count). The minimum absolute atomic E-state index is 0.0145. The molecular formula is C23H45ClO4Si. The molecule has 0 aliphatic carbocycles. The number of rotatable bonds is 14. The number of hydrogen-bond donors (Lipinski definition) is 0. The minimum Gasteiger partial charge on any atom is -0.414 e. The van der Waals surface area contributed by atoms with Crippen LogP contribution in [0.15, 0.2) is 23.8 Å². The number of halogens is 1. The Kier molecular flexibility index (Phi) is 13.9. The van der Waals surface area contributed by atoms with E-state index in [-0.39, 0.29) is 23.5 Å². The van der Waals surface area contributed by atoms with Crippen LogP contribution in [0.5, 0.6) is 0 Å². The van der Waals surface area contributed by atoms with Gasteiger partial charge in [-0.25, -0.2) is 0 Å². The van der Waals surface area contributed by atoms with Gasteiger partial charge in [0.15, 0.2) is 14.6 Å². The van der Waals surface area contributed by atoms with Crippen molar-refractivity contribution in [1.29, 1.82) is 0 Å². The van der Waals surface area contributed by atoms with Crippen LogP contribution in [0.2, 0.25) is 18.1 Å². The molecule has 0 aliphatic rings. The number of hydrogen-bond acceptors (Lipinski definition) is 4. The zero-order chi connectivity index (χ0) is 22.7. The first kappa shape index (κ1) is 28.8. The van der Waals surface area contributed by atoms with Gasteiger partial charge in [-0.15, -0.1) is 11.6 Å². The summed E-state index contributed by atoms with van der Waals surface area (Å²) in [5, 5.41) is 0.162. The highest BCUT2D eigenvalue weighted by Gasteiger charge is 2.39. The maximum Gasteiger partial charge on any atom is 0.192 e. The molecule has 0 amide bonds. The van der Waals surface area contributed by atoms with Gasteiger partial charge in [0.05, 0.1) is 6.10 Å². The minimum atomic E-state index is -1.90. The van der Waals surface area contributed by atoms with E-state index in [9.17, 15) is 0 Å². The predicted octanol–water partition coefficient (Wildman–Crippen LogP) is 6.56. The summed E-state index contributed by atoms with van der Waals surface area (Å²) in [4.78, 5) is 0. The van der Waals surface area contributed by atoms with Gasteiger partial charge < -0.3 is 18.6 Å². The molecule has 0 aliphatic heterocycles. The normalized spacial score (nSPS) is 17.2. The zero-order valence-electron chi connectivity index (χ0n) is 20.4. The molecule has 29 heavy (non-hydrogen) atoms. The summed E-state index contributed by atoms with van der Waals surface area (Å²) < 4.78 is 23.5. The van der Waals surface area contributed by atoms with Crippen LogP contribution in [0.4, 0.5) is 0 Å². The van der Waals surface area contributed by atoms with Crippen LogP contribution in [0.3, 0.4) is 0 Å². The van der Waals surface area contributed by atoms with Gasteiger partial charge in [0.1, 0.15) is 0 Å². The lowest BCUT2D eigenvalue weighted by molar-refractivity contribution is -0.135. The highest BCUT2D eigenvalue weighted by Crippen LogP contribution is 2.38. The molecule has 3 atom stereocenters. The van der Waals surface area contributed by atoms with Crippen molar-refractivity contribution in [3.63, 3.8) is 0 Å². The lowest BCUT2D eigenvalue weighted by Crippen LogP contribution is -2.45. The molecular weight excluding hydrogens is 404 g/mol. The molecule has 0 N–H and O–H groups in total. The second kappa shape index (κ2) is 14.0. The van der Waals surface area contributed by atoms with Crippen molar-refractivity contribution in [2.45, 2.75) is 90.5 Å². The first-order chi connectivity index (χ1) is 13.4. The van der Waals surface area contributed by atoms with Crippen LogP contribution in [0.1, 0.15) is 53.9 Å². The Morgan fingerprint density at radius 2 is 1.62 bits per heavy atom. The maximum atomic E-state index is 6.82. The molecule has 0 saturated carbocycles. The van der Waals surface area contributed by atoms with E-state index in [0.717, 1.165) is 19.3 Å². The quantitative estimate of drug-likeness (QED) is 0.130. The third-order valence-electron chi connectivity index (χ3n) is 5.99. The number of methoxy groups -OCH3 is 3. The van der Waals surface area contributed by atoms with Crippen LogP contribution in [-0.4, -0.2) is 54.0 Å². The first-order valence-electron chi connectivity index (χ1n) is 10.6. The van der Waals surface area contributed by atoms with Gasteiger partial charge in [-0.05, 0) is 43.5 Å². The molecule has 0 bridgehead atoms. The summed E-state index contributed by atoms with van der Waals surface area (Å²) in [5.74, 6) is 0.802. The summed E-state index contributed by atoms with van der Waals surface area (Å²) >= 11 is 5.74. The van der Waals surface area contributed by atoms with Crippen molar-refractivity contribution in [3.8, 4) is 0 Å². The van der Waals surface area contributed by atoms with Crippen molar-refractivity contribution in [2.75, 3.05) is 27.2 Å². The van der Waals surface area contributed by atoms with Crippen LogP contribution in [0, 0.1) is 5.92 Å². The van der Waals surface area contributed by atoms with Crippen LogP contribution >= 0.6 is 11.6 Å². The highest BCUT2D eigenvalue weighted by atomic mass is 35.5. The molecule has 172 valence electrons. The smallest absolute Gasteiger partial charge is 0.192 e. The van der Waals surface area contributed by atoms with Gasteiger partial charge in [-0.3, -0.25) is 0 Å². The van der Waals surface area contributed by atoms with Crippen LogP contribution in [-0.2, 0) is 18.6 Å². The molecule has 0 radical (unpaired) electrons. The summed E-state index contributed by atoms with van der Waals surface area (Å²) in [6, 6.07) is 0. The average molecular weight is 449 g/mol. The highest BCUT2D eigenvalue weighted by molar-refractivity contribution is 6.74. The van der Waals surface area contributed by atoms with Gasteiger partial charge in [0.2, 0.25) is 0 Å². The fraction of sp³-hybridized carbons (Fsp3) is 0.826. The monoisotopic (exact) mass is 448 g/mol. The van der Waals surface area contributed by atoms with Gasteiger partial charge in [0.25, 0.3) is 0 Å². The Morgan fingerprint density at radius 3 is 2.07 bits per heavy atom. The lowest BCUT2D eigenvalue weighted by Gasteiger charge is -2.40. The van der Waals surface area contributed by atoms with E-state index in [1.165, 1.54) is 5.57 Å². The number of alkyl halides is 1. The van der Waals surface area contributed by atoms with E-state index >= 15 is 0 Å². The molecule has 0 heterocycles. The average Bonchev–Trinajstić information content (AvgIpc) is 2.63. The molecule has 6 heteroatoms. The molecule has 0 aromatic carbocycles. The van der Waals surface area contributed by atoms with Crippen molar-refractivity contribution < 1.29 is 18.6 Å². The van der Waals surface area contributed by atoms with E-state index < -0.39 is 8.32 Å². The Bertz CT molecular complexity index is 496. The molecule has 4 nitrogen and oxygen atoms in total. The van der Waals surface area contributed by atoms with Gasteiger partial charge in [-0.2, -0.15) is 0 Å². The van der Waals surface area contributed by atoms with E-state index in [0.29, 0.717) is 11.8 Å². The predicted molar refractivity (Wildman–Crippen MR) is 127 cm³/mol. The zero-order valence-corrected chi connectivity index (χ0v) is 22.1. The molecule has 0 aromatic rings. The van der Waals surface area contributed by atoms with E-state index in [2.05, 4.69) is 53.8 Å². The van der Waals surface area contributed by atoms with Gasteiger partial charge in [0, 0.05) is 45.7 Å². The van der Waals surface area contributed by atoms with Gasteiger partial charge >= 0.3 is 0 Å². The van der Waals surface area contributed by atoms with Gasteiger partial charge in [-0.1, -0.05) is 45.9 Å². The second-order valence-electron chi connectivity index (χ2n) is 9.35.